The average molecular weight is 383 g/mol. The first kappa shape index (κ1) is 21.0. The SMILES string of the molecule is CC(=O)N[c-]1cccc1.CC1CCCCC1(C)[SiH2][c-]1[cH-][cH-][cH-][cH-]1.[Fe]. The van der Waals surface area contributed by atoms with Gasteiger partial charge in [0.25, 0.3) is 0 Å². The summed E-state index contributed by atoms with van der Waals surface area (Å²) in [6, 6.07) is 16.5. The molecule has 3 rings (SSSR count). The molecule has 1 aliphatic carbocycles. The maximum absolute atomic E-state index is 10.4. The zero-order valence-corrected chi connectivity index (χ0v) is 17.5. The van der Waals surface area contributed by atoms with E-state index in [0.29, 0.717) is 5.04 Å². The Bertz CT molecular complexity index is 579. The topological polar surface area (TPSA) is 29.1 Å². The van der Waals surface area contributed by atoms with Gasteiger partial charge in [0.1, 0.15) is 5.91 Å². The van der Waals surface area contributed by atoms with Gasteiger partial charge in [0.05, 0.1) is 0 Å². The molecule has 2 unspecified atom stereocenters. The molecule has 0 saturated heterocycles. The van der Waals surface area contributed by atoms with Crippen molar-refractivity contribution in [3.8, 4) is 0 Å². The van der Waals surface area contributed by atoms with Crippen LogP contribution in [-0.4, -0.2) is 15.4 Å². The van der Waals surface area contributed by atoms with Crippen LogP contribution in [-0.2, 0) is 21.9 Å². The number of anilines is 1. The Morgan fingerprint density at radius 1 is 1.25 bits per heavy atom. The van der Waals surface area contributed by atoms with E-state index < -0.39 is 0 Å². The summed E-state index contributed by atoms with van der Waals surface area (Å²) < 4.78 is 0. The Labute approximate surface area is 159 Å². The quantitative estimate of drug-likeness (QED) is 0.631. The average Bonchev–Trinajstić information content (AvgIpc) is 3.16. The summed E-state index contributed by atoms with van der Waals surface area (Å²) in [6.45, 7) is 6.50. The van der Waals surface area contributed by atoms with Crippen LogP contribution in [0.1, 0.15) is 46.5 Å². The van der Waals surface area contributed by atoms with Gasteiger partial charge in [-0.1, -0.05) is 50.3 Å². The van der Waals surface area contributed by atoms with Gasteiger partial charge < -0.3 is 39.6 Å². The first-order valence-electron chi connectivity index (χ1n) is 8.69. The number of carbonyl (C=O) groups excluding carboxylic acids is 1. The van der Waals surface area contributed by atoms with Crippen molar-refractivity contribution >= 4 is 26.3 Å². The van der Waals surface area contributed by atoms with E-state index in [1.165, 1.54) is 32.6 Å². The van der Waals surface area contributed by atoms with Crippen molar-refractivity contribution in [2.45, 2.75) is 51.5 Å². The third kappa shape index (κ3) is 6.43. The molecule has 1 N–H and O–H groups in total. The van der Waals surface area contributed by atoms with Crippen LogP contribution < -0.4 is 10.5 Å². The molecule has 0 heterocycles. The van der Waals surface area contributed by atoms with Gasteiger partial charge in [0, 0.05) is 17.1 Å². The molecule has 2 atom stereocenters. The van der Waals surface area contributed by atoms with E-state index in [9.17, 15) is 4.79 Å². The summed E-state index contributed by atoms with van der Waals surface area (Å²) in [5.41, 5.74) is 0.863. The third-order valence-electron chi connectivity index (χ3n) is 5.15. The van der Waals surface area contributed by atoms with E-state index in [-0.39, 0.29) is 32.5 Å². The molecule has 0 radical (unpaired) electrons. The van der Waals surface area contributed by atoms with Crippen LogP contribution in [0.2, 0.25) is 5.04 Å². The molecule has 2 aromatic carbocycles. The normalized spacial score (nSPS) is 23.2. The van der Waals surface area contributed by atoms with Gasteiger partial charge in [0.2, 0.25) is 0 Å². The molecule has 24 heavy (non-hydrogen) atoms. The van der Waals surface area contributed by atoms with Crippen molar-refractivity contribution < 1.29 is 21.9 Å². The molecule has 2 nitrogen and oxygen atoms in total. The van der Waals surface area contributed by atoms with E-state index in [4.69, 9.17) is 0 Å². The third-order valence-corrected chi connectivity index (χ3v) is 7.89. The first-order chi connectivity index (χ1) is 11.0. The standard InChI is InChI=1S/C13H21Si.C7H8NO.Fe/c1-11-7-5-6-10-13(11,2)14-12-8-3-4-9-12;1-6(9)8-7-4-2-3-5-7;/h3-4,8-9,11H,5-7,10,14H2,1-2H3;2-5H,1H3,(H,8,9);/q-5;-1;. The van der Waals surface area contributed by atoms with E-state index in [0.717, 1.165) is 11.6 Å². The van der Waals surface area contributed by atoms with Crippen LogP contribution in [0, 0.1) is 5.92 Å². The maximum Gasteiger partial charge on any atom is 0.146 e. The smallest absolute Gasteiger partial charge is 0.146 e. The second kappa shape index (κ2) is 10.0. The zero-order valence-electron chi connectivity index (χ0n) is 15.0. The molecule has 0 aromatic heterocycles. The summed E-state index contributed by atoms with van der Waals surface area (Å²) >= 11 is 0. The van der Waals surface area contributed by atoms with Gasteiger partial charge in [-0.2, -0.15) is 21.7 Å². The molecular weight excluding hydrogens is 354 g/mol. The number of rotatable bonds is 3. The van der Waals surface area contributed by atoms with Crippen molar-refractivity contribution in [1.29, 1.82) is 0 Å². The largest absolute Gasteiger partial charge is 0.748 e. The predicted molar refractivity (Wildman–Crippen MR) is 103 cm³/mol. The minimum absolute atomic E-state index is 0. The van der Waals surface area contributed by atoms with E-state index in [1.807, 2.05) is 24.3 Å². The van der Waals surface area contributed by atoms with Crippen molar-refractivity contribution in [2.24, 2.45) is 5.92 Å². The molecular formula is C20H29FeNOSi-6. The summed E-state index contributed by atoms with van der Waals surface area (Å²) in [5, 5.41) is 5.01. The van der Waals surface area contributed by atoms with Crippen LogP contribution in [0.25, 0.3) is 0 Å². The Balaban J connectivity index is 0.000000252. The first-order valence-corrected chi connectivity index (χ1v) is 10.1. The molecule has 1 fully saturated rings. The van der Waals surface area contributed by atoms with Crippen molar-refractivity contribution in [3.63, 3.8) is 0 Å². The van der Waals surface area contributed by atoms with Crippen LogP contribution in [0.15, 0.2) is 48.5 Å². The Morgan fingerprint density at radius 2 is 1.88 bits per heavy atom. The van der Waals surface area contributed by atoms with Gasteiger partial charge in [-0.25, -0.2) is 0 Å². The Hall–Kier alpha value is -1.09. The molecule has 1 amide bonds. The van der Waals surface area contributed by atoms with Crippen LogP contribution in [0.3, 0.4) is 0 Å². The summed E-state index contributed by atoms with van der Waals surface area (Å²) in [5.74, 6) is 0.930. The van der Waals surface area contributed by atoms with Crippen molar-refractivity contribution in [3.05, 3.63) is 48.5 Å². The molecule has 1 aliphatic rings. The predicted octanol–water partition coefficient (Wildman–Crippen LogP) is 3.95. The molecule has 138 valence electrons. The minimum atomic E-state index is -0.0589. The van der Waals surface area contributed by atoms with Gasteiger partial charge in [0.15, 0.2) is 0 Å². The van der Waals surface area contributed by atoms with Crippen LogP contribution in [0.5, 0.6) is 0 Å². The van der Waals surface area contributed by atoms with Gasteiger partial charge >= 0.3 is 0 Å². The number of nitrogens with one attached hydrogen (secondary N) is 1. The second-order valence-electron chi connectivity index (χ2n) is 7.13. The minimum Gasteiger partial charge on any atom is -0.748 e. The van der Waals surface area contributed by atoms with Crippen molar-refractivity contribution in [2.75, 3.05) is 5.32 Å². The number of hydrogen-bond donors (Lipinski definition) is 1. The molecule has 2 aromatic rings. The van der Waals surface area contributed by atoms with Gasteiger partial charge in [-0.05, 0) is 12.8 Å². The van der Waals surface area contributed by atoms with Crippen LogP contribution >= 0.6 is 0 Å². The fourth-order valence-electron chi connectivity index (χ4n) is 3.50. The van der Waals surface area contributed by atoms with E-state index >= 15 is 0 Å². The fourth-order valence-corrected chi connectivity index (χ4v) is 5.92. The number of amides is 1. The fraction of sp³-hybridized carbons (Fsp3) is 0.450. The summed E-state index contributed by atoms with van der Waals surface area (Å²) in [4.78, 5) is 10.4. The monoisotopic (exact) mass is 383 g/mol. The van der Waals surface area contributed by atoms with Gasteiger partial charge in [-0.15, -0.1) is 12.1 Å². The molecule has 4 heteroatoms. The zero-order chi connectivity index (χ0) is 16.7. The number of hydrogen-bond acceptors (Lipinski definition) is 1. The Morgan fingerprint density at radius 3 is 2.42 bits per heavy atom. The number of carbonyl (C=O) groups is 1. The summed E-state index contributed by atoms with van der Waals surface area (Å²) in [7, 11) is -0.0589. The second-order valence-corrected chi connectivity index (χ2v) is 9.91. The molecule has 1 saturated carbocycles. The van der Waals surface area contributed by atoms with Crippen LogP contribution in [0.4, 0.5) is 5.69 Å². The maximum atomic E-state index is 10.4. The van der Waals surface area contributed by atoms with E-state index in [1.54, 1.807) is 5.19 Å². The van der Waals surface area contributed by atoms with Gasteiger partial charge in [-0.3, -0.25) is 0 Å². The summed E-state index contributed by atoms with van der Waals surface area (Å²) in [6.07, 6.45) is 5.87. The molecule has 0 spiro atoms. The molecule has 0 bridgehead atoms. The molecule has 0 aliphatic heterocycles. The van der Waals surface area contributed by atoms with Crippen molar-refractivity contribution in [1.82, 2.24) is 0 Å². The van der Waals surface area contributed by atoms with E-state index in [2.05, 4.69) is 43.4 Å². The Kier molecular flexibility index (Phi) is 8.75.